The molecule has 0 aliphatic carbocycles. The zero-order chi connectivity index (χ0) is 11.7. The molecular formula is C13H8NO3. The maximum atomic E-state index is 11.4. The smallest absolute Gasteiger partial charge is 0.400 e. The van der Waals surface area contributed by atoms with Gasteiger partial charge >= 0.3 is 6.08 Å². The lowest BCUT2D eigenvalue weighted by Gasteiger charge is -1.99. The lowest BCUT2D eigenvalue weighted by Crippen LogP contribution is -1.83. The van der Waals surface area contributed by atoms with Crippen molar-refractivity contribution in [2.75, 3.05) is 0 Å². The van der Waals surface area contributed by atoms with Crippen LogP contribution in [-0.2, 0) is 5.11 Å². The molecule has 2 aromatic carbocycles. The van der Waals surface area contributed by atoms with E-state index in [1.54, 1.807) is 24.3 Å². The summed E-state index contributed by atoms with van der Waals surface area (Å²) in [5.74, 6) is 0.00816. The first-order chi connectivity index (χ1) is 8.33. The van der Waals surface area contributed by atoms with E-state index in [-0.39, 0.29) is 17.6 Å². The predicted molar refractivity (Wildman–Crippen MR) is 60.7 cm³/mol. The molecule has 0 amide bonds. The van der Waals surface area contributed by atoms with Crippen molar-refractivity contribution in [3.63, 3.8) is 0 Å². The number of hydrogen-bond acceptors (Lipinski definition) is 3. The first kappa shape index (κ1) is 9.72. The van der Waals surface area contributed by atoms with Crippen LogP contribution in [0.15, 0.2) is 52.9 Å². The summed E-state index contributed by atoms with van der Waals surface area (Å²) in [6.07, 6.45) is 0.0782. The minimum Gasteiger partial charge on any atom is -0.409 e. The first-order valence-electron chi connectivity index (χ1n) is 5.12. The average Bonchev–Trinajstić information content (AvgIpc) is 2.74. The highest BCUT2D eigenvalue weighted by atomic mass is 16.6. The van der Waals surface area contributed by atoms with Gasteiger partial charge in [0.15, 0.2) is 11.3 Å². The summed E-state index contributed by atoms with van der Waals surface area (Å²) in [5.41, 5.74) is 1.33. The number of rotatable bonds is 2. The van der Waals surface area contributed by atoms with E-state index in [4.69, 9.17) is 9.15 Å². The maximum absolute atomic E-state index is 11.4. The van der Waals surface area contributed by atoms with Crippen LogP contribution in [0.3, 0.4) is 0 Å². The number of hydrogen-bond donors (Lipinski definition) is 0. The molecule has 1 heterocycles. The van der Waals surface area contributed by atoms with E-state index in [9.17, 15) is 5.11 Å². The highest BCUT2D eigenvalue weighted by Crippen LogP contribution is 2.31. The van der Waals surface area contributed by atoms with Gasteiger partial charge in [0, 0.05) is 0 Å². The van der Waals surface area contributed by atoms with Gasteiger partial charge in [-0.05, 0) is 24.3 Å². The largest absolute Gasteiger partial charge is 0.409 e. The fraction of sp³-hybridized carbons (Fsp3) is 0. The highest BCUT2D eigenvalue weighted by molar-refractivity contribution is 5.72. The Morgan fingerprint density at radius 1 is 1.00 bits per heavy atom. The number of ether oxygens (including phenoxy) is 1. The topological polar surface area (TPSA) is 55.2 Å². The van der Waals surface area contributed by atoms with E-state index in [1.165, 1.54) is 6.07 Å². The van der Waals surface area contributed by atoms with Gasteiger partial charge in [0.05, 0.1) is 0 Å². The van der Waals surface area contributed by atoms with Gasteiger partial charge in [-0.1, -0.05) is 24.3 Å². The van der Waals surface area contributed by atoms with Gasteiger partial charge in [0.25, 0.3) is 0 Å². The summed E-state index contributed by atoms with van der Waals surface area (Å²) in [6, 6.07) is 13.7. The van der Waals surface area contributed by atoms with Crippen LogP contribution in [0.2, 0.25) is 0 Å². The second-order valence-corrected chi connectivity index (χ2v) is 3.50. The van der Waals surface area contributed by atoms with Gasteiger partial charge in [-0.3, -0.25) is 5.11 Å². The van der Waals surface area contributed by atoms with Crippen LogP contribution < -0.4 is 4.74 Å². The molecule has 0 unspecified atom stereocenters. The number of nitrogens with zero attached hydrogens (tertiary/aromatic N) is 1. The Kier molecular flexibility index (Phi) is 2.19. The van der Waals surface area contributed by atoms with Gasteiger partial charge in [-0.15, -0.1) is 0 Å². The van der Waals surface area contributed by atoms with Crippen LogP contribution >= 0.6 is 0 Å². The molecule has 4 heteroatoms. The van der Waals surface area contributed by atoms with E-state index in [2.05, 4.69) is 4.98 Å². The average molecular weight is 226 g/mol. The molecule has 3 rings (SSSR count). The summed E-state index contributed by atoms with van der Waals surface area (Å²) < 4.78 is 10.7. The van der Waals surface area contributed by atoms with Crippen molar-refractivity contribution in [3.05, 3.63) is 48.5 Å². The molecule has 1 radical (unpaired) electrons. The van der Waals surface area contributed by atoms with Gasteiger partial charge in [0.2, 0.25) is 5.75 Å². The summed E-state index contributed by atoms with van der Waals surface area (Å²) >= 11 is 0. The van der Waals surface area contributed by atoms with Crippen molar-refractivity contribution >= 4 is 11.1 Å². The second-order valence-electron chi connectivity index (χ2n) is 3.50. The molecule has 0 saturated heterocycles. The fourth-order valence-corrected chi connectivity index (χ4v) is 1.52. The van der Waals surface area contributed by atoms with E-state index < -0.39 is 0 Å². The normalized spacial score (nSPS) is 10.6. The quantitative estimate of drug-likeness (QED) is 0.668. The summed E-state index contributed by atoms with van der Waals surface area (Å²) in [6.45, 7) is 0. The summed E-state index contributed by atoms with van der Waals surface area (Å²) in [4.78, 5) is 4.12. The maximum Gasteiger partial charge on any atom is 0.400 e. The molecule has 0 atom stereocenters. The molecule has 0 fully saturated rings. The third-order valence-corrected chi connectivity index (χ3v) is 2.32. The molecule has 0 aliphatic heterocycles. The van der Waals surface area contributed by atoms with E-state index >= 15 is 0 Å². The molecule has 0 bridgehead atoms. The summed E-state index contributed by atoms with van der Waals surface area (Å²) in [7, 11) is 0. The van der Waals surface area contributed by atoms with Gasteiger partial charge < -0.3 is 9.15 Å². The lowest BCUT2D eigenvalue weighted by atomic mass is 10.3. The van der Waals surface area contributed by atoms with Crippen LogP contribution in [0.1, 0.15) is 0 Å². The molecule has 1 aromatic heterocycles. The van der Waals surface area contributed by atoms with E-state index in [0.717, 1.165) is 0 Å². The fourth-order valence-electron chi connectivity index (χ4n) is 1.52. The first-order valence-corrected chi connectivity index (χ1v) is 5.12. The Bertz CT molecular complexity index is 627. The van der Waals surface area contributed by atoms with E-state index in [0.29, 0.717) is 11.1 Å². The van der Waals surface area contributed by atoms with Crippen LogP contribution in [-0.4, -0.2) is 4.98 Å². The predicted octanol–water partition coefficient (Wildman–Crippen LogP) is 3.76. The highest BCUT2D eigenvalue weighted by Gasteiger charge is 2.10. The number of benzene rings is 2. The van der Waals surface area contributed by atoms with Crippen molar-refractivity contribution in [2.45, 2.75) is 0 Å². The van der Waals surface area contributed by atoms with Gasteiger partial charge in [0.1, 0.15) is 5.52 Å². The Labute approximate surface area is 97.1 Å². The lowest BCUT2D eigenvalue weighted by molar-refractivity contribution is 0.296. The summed E-state index contributed by atoms with van der Waals surface area (Å²) in [5, 5.41) is 11.4. The zero-order valence-corrected chi connectivity index (χ0v) is 8.79. The number of para-hydroxylation sites is 4. The van der Waals surface area contributed by atoms with Crippen LogP contribution in [0.5, 0.6) is 17.6 Å². The Morgan fingerprint density at radius 2 is 1.76 bits per heavy atom. The molecule has 83 valence electrons. The number of oxazole rings is 1. The number of aromatic nitrogens is 1. The standard InChI is InChI=1S/C13H8NO3/c15-10-6-2-4-8-12(10)17-13-14-9-5-1-3-7-11(9)16-13/h1-8H. The Morgan fingerprint density at radius 3 is 2.59 bits per heavy atom. The minimum absolute atomic E-state index is 0.0782. The molecule has 4 nitrogen and oxygen atoms in total. The molecule has 0 aliphatic rings. The molecular weight excluding hydrogens is 218 g/mol. The minimum atomic E-state index is -0.199. The van der Waals surface area contributed by atoms with Crippen LogP contribution in [0.4, 0.5) is 0 Å². The Balaban J connectivity index is 1.98. The molecule has 3 aromatic rings. The van der Waals surface area contributed by atoms with Crippen LogP contribution in [0, 0.1) is 0 Å². The Hall–Kier alpha value is -2.49. The third kappa shape index (κ3) is 1.80. The molecule has 0 saturated carbocycles. The van der Waals surface area contributed by atoms with Crippen molar-refractivity contribution in [2.24, 2.45) is 0 Å². The van der Waals surface area contributed by atoms with Crippen molar-refractivity contribution < 1.29 is 14.3 Å². The van der Waals surface area contributed by atoms with Crippen molar-refractivity contribution in [1.29, 1.82) is 0 Å². The molecule has 0 spiro atoms. The van der Waals surface area contributed by atoms with Gasteiger partial charge in [-0.2, -0.15) is 4.98 Å². The van der Waals surface area contributed by atoms with Gasteiger partial charge in [-0.25, -0.2) is 0 Å². The zero-order valence-electron chi connectivity index (χ0n) is 8.79. The van der Waals surface area contributed by atoms with E-state index in [1.807, 2.05) is 18.2 Å². The SMILES string of the molecule is [O]c1ccccc1Oc1nc2ccccc2o1. The monoisotopic (exact) mass is 226 g/mol. The number of fused-ring (bicyclic) bond motifs is 1. The molecule has 17 heavy (non-hydrogen) atoms. The van der Waals surface area contributed by atoms with Crippen LogP contribution in [0.25, 0.3) is 11.1 Å². The van der Waals surface area contributed by atoms with Crippen molar-refractivity contribution in [1.82, 2.24) is 4.98 Å². The molecule has 0 N–H and O–H groups in total. The third-order valence-electron chi connectivity index (χ3n) is 2.32. The van der Waals surface area contributed by atoms with Crippen molar-refractivity contribution in [3.8, 4) is 17.6 Å². The second kappa shape index (κ2) is 3.83.